The van der Waals surface area contributed by atoms with Crippen LogP contribution in [0, 0.1) is 11.7 Å². The van der Waals surface area contributed by atoms with E-state index >= 15 is 0 Å². The number of benzene rings is 1. The van der Waals surface area contributed by atoms with Gasteiger partial charge in [0, 0.05) is 17.6 Å². The molecular formula is C14H17BrFNO. The second-order valence-corrected chi connectivity index (χ2v) is 5.62. The van der Waals surface area contributed by atoms with Gasteiger partial charge in [0.1, 0.15) is 5.82 Å². The van der Waals surface area contributed by atoms with Gasteiger partial charge >= 0.3 is 0 Å². The molecule has 0 aromatic heterocycles. The van der Waals surface area contributed by atoms with Crippen molar-refractivity contribution in [3.05, 3.63) is 34.1 Å². The quantitative estimate of drug-likeness (QED) is 0.826. The molecule has 98 valence electrons. The average Bonchev–Trinajstić information content (AvgIpc) is 2.27. The molecule has 0 aliphatic heterocycles. The van der Waals surface area contributed by atoms with Crippen molar-refractivity contribution in [2.75, 3.05) is 13.1 Å². The van der Waals surface area contributed by atoms with Gasteiger partial charge in [-0.05, 0) is 59.8 Å². The molecule has 0 bridgehead atoms. The minimum absolute atomic E-state index is 0.0173. The Labute approximate surface area is 115 Å². The number of hydrogen-bond donors (Lipinski definition) is 0. The Morgan fingerprint density at radius 1 is 1.50 bits per heavy atom. The van der Waals surface area contributed by atoms with Gasteiger partial charge in [-0.2, -0.15) is 0 Å². The van der Waals surface area contributed by atoms with Crippen molar-refractivity contribution in [3.8, 4) is 0 Å². The Morgan fingerprint density at radius 2 is 2.22 bits per heavy atom. The Hall–Kier alpha value is -0.900. The fraction of sp³-hybridized carbons (Fsp3) is 0.500. The number of hydrogen-bond acceptors (Lipinski definition) is 1. The summed E-state index contributed by atoms with van der Waals surface area (Å²) in [4.78, 5) is 14.2. The second-order valence-electron chi connectivity index (χ2n) is 4.76. The van der Waals surface area contributed by atoms with Crippen LogP contribution in [0.4, 0.5) is 4.39 Å². The average molecular weight is 314 g/mol. The van der Waals surface area contributed by atoms with Gasteiger partial charge in [-0.1, -0.05) is 6.42 Å². The molecule has 1 aromatic carbocycles. The molecule has 18 heavy (non-hydrogen) atoms. The van der Waals surface area contributed by atoms with Gasteiger partial charge < -0.3 is 4.90 Å². The fourth-order valence-corrected chi connectivity index (χ4v) is 2.70. The molecule has 1 amide bonds. The molecule has 1 aromatic rings. The lowest BCUT2D eigenvalue weighted by Crippen LogP contribution is -2.37. The van der Waals surface area contributed by atoms with Crippen molar-refractivity contribution in [2.45, 2.75) is 26.2 Å². The van der Waals surface area contributed by atoms with Gasteiger partial charge in [0.25, 0.3) is 5.91 Å². The standard InChI is InChI=1S/C14H17BrFNO/c1-2-17(9-10-4-3-5-10)14(18)12-7-6-11(16)8-13(12)15/h6-8,10H,2-5,9H2,1H3. The molecule has 0 spiro atoms. The number of rotatable bonds is 4. The van der Waals surface area contributed by atoms with Gasteiger partial charge in [0.15, 0.2) is 0 Å². The minimum atomic E-state index is -0.333. The van der Waals surface area contributed by atoms with Gasteiger partial charge in [-0.25, -0.2) is 4.39 Å². The van der Waals surface area contributed by atoms with Gasteiger partial charge in [0.05, 0.1) is 5.56 Å². The van der Waals surface area contributed by atoms with Crippen molar-refractivity contribution in [2.24, 2.45) is 5.92 Å². The molecule has 0 unspecified atom stereocenters. The molecule has 0 N–H and O–H groups in total. The zero-order chi connectivity index (χ0) is 13.1. The van der Waals surface area contributed by atoms with Crippen molar-refractivity contribution in [3.63, 3.8) is 0 Å². The van der Waals surface area contributed by atoms with Crippen LogP contribution in [-0.2, 0) is 0 Å². The topological polar surface area (TPSA) is 20.3 Å². The molecule has 1 saturated carbocycles. The van der Waals surface area contributed by atoms with E-state index in [1.165, 1.54) is 31.4 Å². The molecule has 0 radical (unpaired) electrons. The summed E-state index contributed by atoms with van der Waals surface area (Å²) in [6.07, 6.45) is 3.71. The Kier molecular flexibility index (Phi) is 4.38. The van der Waals surface area contributed by atoms with Crippen molar-refractivity contribution in [1.29, 1.82) is 0 Å². The monoisotopic (exact) mass is 313 g/mol. The normalized spacial score (nSPS) is 15.3. The summed E-state index contributed by atoms with van der Waals surface area (Å²) < 4.78 is 13.5. The van der Waals surface area contributed by atoms with E-state index in [9.17, 15) is 9.18 Å². The maximum atomic E-state index is 13.0. The van der Waals surface area contributed by atoms with E-state index in [0.717, 1.165) is 6.54 Å². The smallest absolute Gasteiger partial charge is 0.255 e. The summed E-state index contributed by atoms with van der Waals surface area (Å²) in [5.41, 5.74) is 0.539. The maximum absolute atomic E-state index is 13.0. The van der Waals surface area contributed by atoms with E-state index in [1.54, 1.807) is 6.07 Å². The first-order chi connectivity index (χ1) is 8.61. The zero-order valence-electron chi connectivity index (χ0n) is 10.5. The van der Waals surface area contributed by atoms with Gasteiger partial charge in [0.2, 0.25) is 0 Å². The summed E-state index contributed by atoms with van der Waals surface area (Å²) in [6, 6.07) is 4.21. The molecule has 0 atom stereocenters. The third kappa shape index (κ3) is 2.91. The van der Waals surface area contributed by atoms with Crippen LogP contribution in [0.3, 0.4) is 0 Å². The number of nitrogens with zero attached hydrogens (tertiary/aromatic N) is 1. The highest BCUT2D eigenvalue weighted by Gasteiger charge is 2.24. The molecule has 0 saturated heterocycles. The van der Waals surface area contributed by atoms with Crippen molar-refractivity contribution < 1.29 is 9.18 Å². The Bertz CT molecular complexity index is 445. The highest BCUT2D eigenvalue weighted by molar-refractivity contribution is 9.10. The van der Waals surface area contributed by atoms with Crippen molar-refractivity contribution in [1.82, 2.24) is 4.90 Å². The van der Waals surface area contributed by atoms with E-state index < -0.39 is 0 Å². The SMILES string of the molecule is CCN(CC1CCC1)C(=O)c1ccc(F)cc1Br. The molecule has 0 heterocycles. The first-order valence-corrected chi connectivity index (χ1v) is 7.15. The van der Waals surface area contributed by atoms with E-state index in [-0.39, 0.29) is 11.7 Å². The van der Waals surface area contributed by atoms with E-state index in [4.69, 9.17) is 0 Å². The molecule has 4 heteroatoms. The summed E-state index contributed by atoms with van der Waals surface area (Å²) in [6.45, 7) is 3.49. The first-order valence-electron chi connectivity index (χ1n) is 6.36. The van der Waals surface area contributed by atoms with Crippen LogP contribution in [0.15, 0.2) is 22.7 Å². The second kappa shape index (κ2) is 5.83. The number of halogens is 2. The molecule has 1 aliphatic carbocycles. The van der Waals surface area contributed by atoms with Crippen LogP contribution >= 0.6 is 15.9 Å². The zero-order valence-corrected chi connectivity index (χ0v) is 12.0. The number of amides is 1. The number of carbonyl (C=O) groups is 1. The predicted molar refractivity (Wildman–Crippen MR) is 73.0 cm³/mol. The molecule has 2 nitrogen and oxygen atoms in total. The number of carbonyl (C=O) groups excluding carboxylic acids is 1. The highest BCUT2D eigenvalue weighted by atomic mass is 79.9. The molecule has 2 rings (SSSR count). The molecule has 1 fully saturated rings. The summed E-state index contributed by atoms with van der Waals surface area (Å²) >= 11 is 3.25. The summed E-state index contributed by atoms with van der Waals surface area (Å²) in [7, 11) is 0. The van der Waals surface area contributed by atoms with Crippen LogP contribution in [0.5, 0.6) is 0 Å². The van der Waals surface area contributed by atoms with Crippen molar-refractivity contribution >= 4 is 21.8 Å². The van der Waals surface area contributed by atoms with Crippen LogP contribution in [0.25, 0.3) is 0 Å². The predicted octanol–water partition coefficient (Wildman–Crippen LogP) is 3.85. The first kappa shape index (κ1) is 13.5. The van der Waals surface area contributed by atoms with Crippen LogP contribution in [0.1, 0.15) is 36.5 Å². The lowest BCUT2D eigenvalue weighted by Gasteiger charge is -2.32. The third-order valence-corrected chi connectivity index (χ3v) is 4.19. The van der Waals surface area contributed by atoms with Crippen LogP contribution < -0.4 is 0 Å². The van der Waals surface area contributed by atoms with E-state index in [0.29, 0.717) is 22.5 Å². The van der Waals surface area contributed by atoms with Crippen LogP contribution in [0.2, 0.25) is 0 Å². The third-order valence-electron chi connectivity index (χ3n) is 3.53. The minimum Gasteiger partial charge on any atom is -0.339 e. The fourth-order valence-electron chi connectivity index (χ4n) is 2.18. The Morgan fingerprint density at radius 3 is 2.72 bits per heavy atom. The summed E-state index contributed by atoms with van der Waals surface area (Å²) in [5, 5.41) is 0. The molecular weight excluding hydrogens is 297 g/mol. The van der Waals surface area contributed by atoms with Gasteiger partial charge in [-0.3, -0.25) is 4.79 Å². The van der Waals surface area contributed by atoms with E-state index in [2.05, 4.69) is 15.9 Å². The van der Waals surface area contributed by atoms with Gasteiger partial charge in [-0.15, -0.1) is 0 Å². The largest absolute Gasteiger partial charge is 0.339 e. The lowest BCUT2D eigenvalue weighted by molar-refractivity contribution is 0.0705. The van der Waals surface area contributed by atoms with E-state index in [1.807, 2.05) is 11.8 Å². The Balaban J connectivity index is 2.11. The maximum Gasteiger partial charge on any atom is 0.255 e. The summed E-state index contributed by atoms with van der Waals surface area (Å²) in [5.74, 6) is 0.296. The highest BCUT2D eigenvalue weighted by Crippen LogP contribution is 2.28. The van der Waals surface area contributed by atoms with Crippen LogP contribution in [-0.4, -0.2) is 23.9 Å². The molecule has 1 aliphatic rings. The lowest BCUT2D eigenvalue weighted by atomic mass is 9.85.